The first-order valence-electron chi connectivity index (χ1n) is 7.94. The van der Waals surface area contributed by atoms with Crippen molar-refractivity contribution in [3.8, 4) is 5.75 Å². The summed E-state index contributed by atoms with van der Waals surface area (Å²) in [5, 5.41) is 14.9. The molecule has 1 aromatic heterocycles. The highest BCUT2D eigenvalue weighted by atomic mass is 35.5. The highest BCUT2D eigenvalue weighted by Crippen LogP contribution is 2.38. The van der Waals surface area contributed by atoms with E-state index in [1.54, 1.807) is 19.1 Å². The fraction of sp³-hybridized carbons (Fsp3) is 0.100. The van der Waals surface area contributed by atoms with Gasteiger partial charge in [-0.15, -0.1) is 0 Å². The molecule has 0 unspecified atom stereocenters. The predicted octanol–water partition coefficient (Wildman–Crippen LogP) is 5.31. The van der Waals surface area contributed by atoms with Crippen molar-refractivity contribution >= 4 is 28.9 Å². The molecule has 0 fully saturated rings. The Balaban J connectivity index is 2.17. The summed E-state index contributed by atoms with van der Waals surface area (Å²) in [4.78, 5) is 4.39. The minimum atomic E-state index is -0.289. The van der Waals surface area contributed by atoms with Gasteiger partial charge in [-0.1, -0.05) is 41.5 Å². The van der Waals surface area contributed by atoms with E-state index in [9.17, 15) is 5.11 Å². The Morgan fingerprint density at radius 2 is 1.44 bits per heavy atom. The zero-order chi connectivity index (χ0) is 17.9. The van der Waals surface area contributed by atoms with Gasteiger partial charge in [0.2, 0.25) is 11.8 Å². The van der Waals surface area contributed by atoms with Gasteiger partial charge in [0.25, 0.3) is 0 Å². The van der Waals surface area contributed by atoms with E-state index in [4.69, 9.17) is 16.9 Å². The van der Waals surface area contributed by atoms with Crippen LogP contribution < -0.4 is 4.11 Å². The number of benzene rings is 2. The molecule has 0 atom stereocenters. The topological polar surface area (TPSA) is 45.5 Å². The van der Waals surface area contributed by atoms with Gasteiger partial charge in [-0.3, -0.25) is 0 Å². The normalized spacial score (nSPS) is 12.2. The maximum Gasteiger partial charge on any atom is 0.209 e. The molecule has 3 rings (SSSR count). The number of aryl methyl sites for hydroxylation is 1. The lowest BCUT2D eigenvalue weighted by Crippen LogP contribution is -2.28. The molecule has 4 nitrogen and oxygen atoms in total. The van der Waals surface area contributed by atoms with E-state index in [0.29, 0.717) is 11.4 Å². The van der Waals surface area contributed by atoms with Gasteiger partial charge in [-0.25, -0.2) is 4.98 Å². The second-order valence-electron chi connectivity index (χ2n) is 5.73. The summed E-state index contributed by atoms with van der Waals surface area (Å²) < 4.78 is -0.289. The number of halogens is 1. The molecule has 0 spiro atoms. The minimum absolute atomic E-state index is 0.0798. The third-order valence-corrected chi connectivity index (χ3v) is 4.31. The molecule has 126 valence electrons. The molecule has 1 N–H and O–H groups in total. The number of rotatable bonds is 4. The summed E-state index contributed by atoms with van der Waals surface area (Å²) in [6, 6.07) is 22.6. The van der Waals surface area contributed by atoms with Gasteiger partial charge < -0.3 is 5.11 Å². The SMILES string of the molecule is CC(=N[N+](Cl)(c1ccccc1)c1ccccc1)c1nc(C)ccc1O. The highest BCUT2D eigenvalue weighted by molar-refractivity contribution is 6.25. The van der Waals surface area contributed by atoms with E-state index in [1.165, 1.54) is 0 Å². The zero-order valence-electron chi connectivity index (χ0n) is 14.1. The summed E-state index contributed by atoms with van der Waals surface area (Å²) in [6.07, 6.45) is 0. The number of nitrogens with zero attached hydrogens (tertiary/aromatic N) is 3. The Kier molecular flexibility index (Phi) is 4.83. The quantitative estimate of drug-likeness (QED) is 0.392. The van der Waals surface area contributed by atoms with Crippen molar-refractivity contribution in [3.63, 3.8) is 0 Å². The van der Waals surface area contributed by atoms with Gasteiger partial charge in [-0.05, 0) is 30.1 Å². The van der Waals surface area contributed by atoms with Gasteiger partial charge in [0, 0.05) is 30.0 Å². The first-order valence-corrected chi connectivity index (χ1v) is 8.28. The molecular formula is C20H19ClN3O+. The fourth-order valence-corrected chi connectivity index (χ4v) is 2.92. The number of quaternary nitrogens is 1. The number of aromatic hydroxyl groups is 1. The van der Waals surface area contributed by atoms with Gasteiger partial charge >= 0.3 is 0 Å². The number of hydrogen-bond acceptors (Lipinski definition) is 3. The van der Waals surface area contributed by atoms with Crippen LogP contribution in [0, 0.1) is 6.92 Å². The molecule has 5 heteroatoms. The van der Waals surface area contributed by atoms with Crippen LogP contribution in [0.1, 0.15) is 18.3 Å². The van der Waals surface area contributed by atoms with Crippen molar-refractivity contribution in [2.24, 2.45) is 5.10 Å². The van der Waals surface area contributed by atoms with Crippen LogP contribution in [0.2, 0.25) is 0 Å². The van der Waals surface area contributed by atoms with Crippen LogP contribution in [0.3, 0.4) is 0 Å². The van der Waals surface area contributed by atoms with Crippen LogP contribution in [0.15, 0.2) is 77.9 Å². The van der Waals surface area contributed by atoms with E-state index in [-0.39, 0.29) is 9.86 Å². The predicted molar refractivity (Wildman–Crippen MR) is 103 cm³/mol. The van der Waals surface area contributed by atoms with Crippen LogP contribution in [0.25, 0.3) is 0 Å². The second kappa shape index (κ2) is 7.05. The summed E-state index contributed by atoms with van der Waals surface area (Å²) in [5.41, 5.74) is 3.36. The zero-order valence-corrected chi connectivity index (χ0v) is 14.9. The van der Waals surface area contributed by atoms with Crippen LogP contribution in [0.5, 0.6) is 5.75 Å². The van der Waals surface area contributed by atoms with Gasteiger partial charge in [0.05, 0.1) is 0 Å². The lowest BCUT2D eigenvalue weighted by molar-refractivity contribution is 0.470. The Bertz CT molecular complexity index is 856. The number of para-hydroxylation sites is 2. The van der Waals surface area contributed by atoms with Crippen molar-refractivity contribution in [3.05, 3.63) is 84.2 Å². The molecular weight excluding hydrogens is 334 g/mol. The molecule has 2 aromatic carbocycles. The fourth-order valence-electron chi connectivity index (χ4n) is 2.59. The maximum atomic E-state index is 10.1. The highest BCUT2D eigenvalue weighted by Gasteiger charge is 2.34. The number of hydrogen-bond donors (Lipinski definition) is 1. The Morgan fingerprint density at radius 3 is 1.96 bits per heavy atom. The molecule has 1 heterocycles. The van der Waals surface area contributed by atoms with E-state index in [0.717, 1.165) is 17.1 Å². The standard InChI is InChI=1S/C20H18ClN3O/c1-15-13-14-19(25)20(22-15)16(2)23-24(21,17-9-5-3-6-10-17)18-11-7-4-8-12-18/h3-14H,1-2H3/p+1. The lowest BCUT2D eigenvalue weighted by atomic mass is 10.2. The molecule has 0 radical (unpaired) electrons. The van der Waals surface area contributed by atoms with Crippen molar-refractivity contribution in [2.45, 2.75) is 13.8 Å². The Morgan fingerprint density at radius 1 is 0.920 bits per heavy atom. The molecule has 3 aromatic rings. The third-order valence-electron chi connectivity index (χ3n) is 3.84. The number of aromatic nitrogens is 1. The van der Waals surface area contributed by atoms with E-state index in [1.807, 2.05) is 67.6 Å². The molecule has 0 bridgehead atoms. The Labute approximate surface area is 152 Å². The van der Waals surface area contributed by atoms with Crippen molar-refractivity contribution in [1.29, 1.82) is 0 Å². The van der Waals surface area contributed by atoms with Crippen LogP contribution >= 0.6 is 11.8 Å². The lowest BCUT2D eigenvalue weighted by Gasteiger charge is -2.22. The van der Waals surface area contributed by atoms with E-state index < -0.39 is 0 Å². The summed E-state index contributed by atoms with van der Waals surface area (Å²) in [5.74, 6) is 0.0798. The average Bonchev–Trinajstić information content (AvgIpc) is 2.65. The van der Waals surface area contributed by atoms with E-state index in [2.05, 4.69) is 4.98 Å². The summed E-state index contributed by atoms with van der Waals surface area (Å²) in [6.45, 7) is 3.66. The first-order chi connectivity index (χ1) is 12.0. The van der Waals surface area contributed by atoms with Crippen LogP contribution in [0.4, 0.5) is 11.4 Å². The van der Waals surface area contributed by atoms with Gasteiger partial charge in [0.15, 0.2) is 11.4 Å². The Hall–Kier alpha value is -2.69. The average molecular weight is 353 g/mol. The first kappa shape index (κ1) is 17.1. The van der Waals surface area contributed by atoms with Gasteiger partial charge in [-0.2, -0.15) is 0 Å². The van der Waals surface area contributed by atoms with E-state index >= 15 is 0 Å². The molecule has 0 saturated carbocycles. The van der Waals surface area contributed by atoms with Gasteiger partial charge in [0.1, 0.15) is 17.2 Å². The molecule has 0 aliphatic rings. The van der Waals surface area contributed by atoms with Crippen molar-refractivity contribution in [1.82, 2.24) is 9.10 Å². The van der Waals surface area contributed by atoms with Crippen LogP contribution in [-0.4, -0.2) is 15.8 Å². The molecule has 25 heavy (non-hydrogen) atoms. The molecule has 0 aliphatic heterocycles. The molecule has 0 aliphatic carbocycles. The third kappa shape index (κ3) is 3.55. The second-order valence-corrected chi connectivity index (χ2v) is 6.22. The summed E-state index contributed by atoms with van der Waals surface area (Å²) in [7, 11) is 0. The monoisotopic (exact) mass is 352 g/mol. The summed E-state index contributed by atoms with van der Waals surface area (Å²) >= 11 is 6.97. The minimum Gasteiger partial charge on any atom is -0.506 e. The molecule has 0 amide bonds. The number of pyridine rings is 1. The maximum absolute atomic E-state index is 10.1. The largest absolute Gasteiger partial charge is 0.506 e. The van der Waals surface area contributed by atoms with Crippen molar-refractivity contribution < 1.29 is 5.11 Å². The van der Waals surface area contributed by atoms with Crippen LogP contribution in [-0.2, 0) is 0 Å². The smallest absolute Gasteiger partial charge is 0.209 e. The van der Waals surface area contributed by atoms with Crippen molar-refractivity contribution in [2.75, 3.05) is 0 Å². The molecule has 0 saturated heterocycles.